The summed E-state index contributed by atoms with van der Waals surface area (Å²) < 4.78 is 20.6. The molecular weight excluding hydrogens is 495 g/mol. The van der Waals surface area contributed by atoms with E-state index >= 15 is 0 Å². The lowest BCUT2D eigenvalue weighted by molar-refractivity contribution is 0.237. The monoisotopic (exact) mass is 524 g/mol. The summed E-state index contributed by atoms with van der Waals surface area (Å²) in [6.45, 7) is 5.34. The maximum Gasteiger partial charge on any atom is 0.159 e. The average Bonchev–Trinajstić information content (AvgIpc) is 3.72. The molecule has 7 rings (SSSR count). The number of hydrogen-bond acceptors (Lipinski definition) is 7. The van der Waals surface area contributed by atoms with E-state index in [9.17, 15) is 4.39 Å². The summed E-state index contributed by atoms with van der Waals surface area (Å²) in [5, 5.41) is 11.9. The van der Waals surface area contributed by atoms with E-state index in [0.717, 1.165) is 61.3 Å². The lowest BCUT2D eigenvalue weighted by Crippen LogP contribution is -2.25. The lowest BCUT2D eigenvalue weighted by atomic mass is 10.0. The molecule has 0 aliphatic carbocycles. The molecule has 4 aromatic heterocycles. The quantitative estimate of drug-likeness (QED) is 0.287. The topological polar surface area (TPSA) is 108 Å². The van der Waals surface area contributed by atoms with Crippen molar-refractivity contribution in [2.75, 3.05) is 39.3 Å². The average molecular weight is 525 g/mol. The number of rotatable bonds is 7. The van der Waals surface area contributed by atoms with Gasteiger partial charge in [-0.3, -0.25) is 20.0 Å². The number of nitrogens with one attached hydrogen (secondary N) is 3. The minimum atomic E-state index is -0.372. The molecule has 3 N–H and O–H groups in total. The van der Waals surface area contributed by atoms with Gasteiger partial charge in [0.15, 0.2) is 5.82 Å². The van der Waals surface area contributed by atoms with Crippen LogP contribution in [-0.4, -0.2) is 74.4 Å². The molecule has 0 atom stereocenters. The Morgan fingerprint density at radius 1 is 1.03 bits per heavy atom. The van der Waals surface area contributed by atoms with Crippen LogP contribution in [0.5, 0.6) is 5.75 Å². The molecule has 6 heterocycles. The molecule has 10 heteroatoms. The summed E-state index contributed by atoms with van der Waals surface area (Å²) >= 11 is 0. The number of hydrogen-bond donors (Lipinski definition) is 3. The number of pyridine rings is 2. The van der Waals surface area contributed by atoms with Crippen molar-refractivity contribution in [1.29, 1.82) is 0 Å². The van der Waals surface area contributed by atoms with Crippen LogP contribution in [-0.2, 0) is 0 Å². The highest BCUT2D eigenvalue weighted by Gasteiger charge is 2.18. The van der Waals surface area contributed by atoms with Gasteiger partial charge in [0.2, 0.25) is 0 Å². The second kappa shape index (κ2) is 10.2. The first-order chi connectivity index (χ1) is 19.2. The standard InChI is InChI=1S/C29H29FN8O/c30-20-13-19(14-21(15-20)39-12-11-38-9-1-2-10-38)26-28-23(5-8-32-26)34-29(35-28)27-22-16-24(18-3-6-31-7-4-18)33-17-25(22)36-37-27/h3,5,8,13-17,31H,1-2,4,6-7,9-12H2,(H,34,35)(H,36,37). The van der Waals surface area contributed by atoms with E-state index < -0.39 is 0 Å². The van der Waals surface area contributed by atoms with E-state index in [2.05, 4.69) is 47.5 Å². The van der Waals surface area contributed by atoms with Crippen molar-refractivity contribution in [2.45, 2.75) is 19.3 Å². The molecule has 0 bridgehead atoms. The highest BCUT2D eigenvalue weighted by atomic mass is 19.1. The predicted molar refractivity (Wildman–Crippen MR) is 149 cm³/mol. The molecule has 198 valence electrons. The third kappa shape index (κ3) is 4.77. The summed E-state index contributed by atoms with van der Waals surface area (Å²) in [7, 11) is 0. The van der Waals surface area contributed by atoms with Crippen LogP contribution in [0.15, 0.2) is 48.8 Å². The van der Waals surface area contributed by atoms with Gasteiger partial charge in [0.25, 0.3) is 0 Å². The van der Waals surface area contributed by atoms with Gasteiger partial charge >= 0.3 is 0 Å². The number of H-pyrrole nitrogens is 2. The van der Waals surface area contributed by atoms with E-state index in [1.165, 1.54) is 30.5 Å². The number of likely N-dealkylation sites (tertiary alicyclic amines) is 1. The maximum atomic E-state index is 14.7. The molecule has 0 saturated carbocycles. The van der Waals surface area contributed by atoms with Crippen LogP contribution >= 0.6 is 0 Å². The fraction of sp³-hybridized carbons (Fsp3) is 0.310. The Hall–Kier alpha value is -4.15. The van der Waals surface area contributed by atoms with Crippen LogP contribution in [0.3, 0.4) is 0 Å². The lowest BCUT2D eigenvalue weighted by Gasteiger charge is -2.15. The third-order valence-corrected chi connectivity index (χ3v) is 7.49. The molecule has 0 radical (unpaired) electrons. The van der Waals surface area contributed by atoms with Gasteiger partial charge in [-0.2, -0.15) is 5.10 Å². The van der Waals surface area contributed by atoms with Crippen molar-refractivity contribution in [3.63, 3.8) is 0 Å². The van der Waals surface area contributed by atoms with Gasteiger partial charge in [-0.15, -0.1) is 0 Å². The Balaban J connectivity index is 1.22. The first-order valence-corrected chi connectivity index (χ1v) is 13.5. The van der Waals surface area contributed by atoms with Crippen LogP contribution < -0.4 is 10.1 Å². The summed E-state index contributed by atoms with van der Waals surface area (Å²) in [5.41, 5.74) is 6.35. The van der Waals surface area contributed by atoms with Crippen LogP contribution in [0.2, 0.25) is 0 Å². The van der Waals surface area contributed by atoms with Crippen LogP contribution in [0, 0.1) is 5.82 Å². The zero-order valence-electron chi connectivity index (χ0n) is 21.5. The SMILES string of the molecule is Fc1cc(OCCN2CCCC2)cc(-c2nccc3[nH]c(-c4n[nH]c5cnc(C6=CCNCC6)cc45)nc23)c1. The number of fused-ring (bicyclic) bond motifs is 2. The van der Waals surface area contributed by atoms with E-state index in [4.69, 9.17) is 9.72 Å². The number of halogens is 1. The van der Waals surface area contributed by atoms with Gasteiger partial charge in [-0.1, -0.05) is 6.08 Å². The molecule has 0 spiro atoms. The van der Waals surface area contributed by atoms with Crippen molar-refractivity contribution < 1.29 is 9.13 Å². The van der Waals surface area contributed by atoms with Gasteiger partial charge in [0.05, 0.1) is 28.6 Å². The molecule has 0 unspecified atom stereocenters. The van der Waals surface area contributed by atoms with Gasteiger partial charge in [-0.25, -0.2) is 9.37 Å². The molecule has 2 aliphatic rings. The number of imidazole rings is 1. The van der Waals surface area contributed by atoms with Crippen LogP contribution in [0.4, 0.5) is 4.39 Å². The Kier molecular flexibility index (Phi) is 6.26. The molecule has 5 aromatic rings. The van der Waals surface area contributed by atoms with Crippen LogP contribution in [0.25, 0.3) is 50.3 Å². The number of nitrogens with zero attached hydrogens (tertiary/aromatic N) is 5. The van der Waals surface area contributed by atoms with E-state index in [0.29, 0.717) is 40.6 Å². The Morgan fingerprint density at radius 3 is 2.82 bits per heavy atom. The molecule has 39 heavy (non-hydrogen) atoms. The Bertz CT molecular complexity index is 1680. The fourth-order valence-electron chi connectivity index (χ4n) is 5.47. The maximum absolute atomic E-state index is 14.7. The zero-order chi connectivity index (χ0) is 26.2. The zero-order valence-corrected chi connectivity index (χ0v) is 21.5. The largest absolute Gasteiger partial charge is 0.492 e. The molecule has 9 nitrogen and oxygen atoms in total. The first-order valence-electron chi connectivity index (χ1n) is 13.5. The van der Waals surface area contributed by atoms with Crippen molar-refractivity contribution in [3.05, 3.63) is 60.3 Å². The number of aromatic amines is 2. The normalized spacial score (nSPS) is 16.3. The van der Waals surface area contributed by atoms with Crippen LogP contribution in [0.1, 0.15) is 25.0 Å². The molecule has 2 aliphatic heterocycles. The highest BCUT2D eigenvalue weighted by molar-refractivity contribution is 5.96. The van der Waals surface area contributed by atoms with Crippen molar-refractivity contribution in [1.82, 2.24) is 40.3 Å². The third-order valence-electron chi connectivity index (χ3n) is 7.49. The highest BCUT2D eigenvalue weighted by Crippen LogP contribution is 2.33. The van der Waals surface area contributed by atoms with Gasteiger partial charge in [-0.05, 0) is 68.7 Å². The summed E-state index contributed by atoms with van der Waals surface area (Å²) in [6.07, 6.45) is 9.09. The minimum Gasteiger partial charge on any atom is -0.492 e. The Labute approximate surface area is 224 Å². The minimum absolute atomic E-state index is 0.372. The summed E-state index contributed by atoms with van der Waals surface area (Å²) in [4.78, 5) is 19.8. The van der Waals surface area contributed by atoms with Crippen molar-refractivity contribution in [2.24, 2.45) is 0 Å². The van der Waals surface area contributed by atoms with E-state index in [-0.39, 0.29) is 5.82 Å². The second-order valence-corrected chi connectivity index (χ2v) is 10.1. The number of benzene rings is 1. The fourth-order valence-corrected chi connectivity index (χ4v) is 5.47. The van der Waals surface area contributed by atoms with Crippen molar-refractivity contribution in [3.8, 4) is 28.5 Å². The molecule has 0 amide bonds. The molecular formula is C29H29FN8O. The molecule has 1 fully saturated rings. The predicted octanol–water partition coefficient (Wildman–Crippen LogP) is 4.55. The van der Waals surface area contributed by atoms with E-state index in [1.54, 1.807) is 6.20 Å². The summed E-state index contributed by atoms with van der Waals surface area (Å²) in [6, 6.07) is 8.65. The van der Waals surface area contributed by atoms with Gasteiger partial charge in [0, 0.05) is 36.3 Å². The first kappa shape index (κ1) is 23.9. The number of ether oxygens (including phenoxy) is 1. The molecule has 1 aromatic carbocycles. The van der Waals surface area contributed by atoms with Gasteiger partial charge in [0.1, 0.15) is 29.4 Å². The smallest absolute Gasteiger partial charge is 0.159 e. The second-order valence-electron chi connectivity index (χ2n) is 10.1. The van der Waals surface area contributed by atoms with Crippen molar-refractivity contribution >= 4 is 27.5 Å². The van der Waals surface area contributed by atoms with E-state index in [1.807, 2.05) is 18.3 Å². The Morgan fingerprint density at radius 2 is 1.95 bits per heavy atom. The number of aromatic nitrogens is 6. The molecule has 1 saturated heterocycles. The van der Waals surface area contributed by atoms with Gasteiger partial charge < -0.3 is 15.0 Å². The summed E-state index contributed by atoms with van der Waals surface area (Å²) in [5.74, 6) is 0.730.